The van der Waals surface area contributed by atoms with Gasteiger partial charge in [-0.05, 0) is 6.42 Å². The second-order valence-electron chi connectivity index (χ2n) is 4.37. The van der Waals surface area contributed by atoms with Crippen molar-refractivity contribution in [1.82, 2.24) is 0 Å². The second-order valence-corrected chi connectivity index (χ2v) is 4.37. The lowest BCUT2D eigenvalue weighted by atomic mass is 10.1. The molecule has 1 N–H and O–H groups in total. The summed E-state index contributed by atoms with van der Waals surface area (Å²) in [6, 6.07) is 0. The van der Waals surface area contributed by atoms with Crippen molar-refractivity contribution in [1.29, 1.82) is 0 Å². The van der Waals surface area contributed by atoms with E-state index in [0.717, 1.165) is 12.8 Å². The molecule has 0 amide bonds. The molecule has 0 spiro atoms. The lowest BCUT2D eigenvalue weighted by Crippen LogP contribution is -2.17. The Kier molecular flexibility index (Phi) is 10.5. The minimum absolute atomic E-state index is 0.144. The first kappa shape index (κ1) is 15.4. The van der Waals surface area contributed by atoms with Crippen LogP contribution < -0.4 is 0 Å². The van der Waals surface area contributed by atoms with Crippen LogP contribution in [0.1, 0.15) is 65.2 Å². The van der Waals surface area contributed by atoms with Crippen LogP contribution >= 0.6 is 0 Å². The smallest absolute Gasteiger partial charge is 0.302 e. The first-order valence-electron chi connectivity index (χ1n) is 6.48. The number of carbonyl (C=O) groups is 1. The molecule has 1 atom stereocenters. The highest BCUT2D eigenvalue weighted by Gasteiger charge is 2.05. The third kappa shape index (κ3) is 11.5. The highest BCUT2D eigenvalue weighted by Crippen LogP contribution is 2.09. The molecule has 0 saturated heterocycles. The Morgan fingerprint density at radius 1 is 1.12 bits per heavy atom. The van der Waals surface area contributed by atoms with Crippen LogP contribution in [0.5, 0.6) is 0 Å². The third-order valence-electron chi connectivity index (χ3n) is 2.62. The number of hydrogen-bond acceptors (Lipinski definition) is 3. The summed E-state index contributed by atoms with van der Waals surface area (Å²) in [5, 5.41) is 9.46. The van der Waals surface area contributed by atoms with Crippen LogP contribution in [0, 0.1) is 0 Å². The Bertz CT molecular complexity index is 169. The van der Waals surface area contributed by atoms with E-state index < -0.39 is 6.10 Å². The summed E-state index contributed by atoms with van der Waals surface area (Å²) >= 11 is 0. The molecular formula is C13H26O3. The SMILES string of the molecule is CCCCCCCCCC(O)COC(C)=O. The van der Waals surface area contributed by atoms with Crippen LogP contribution in [0.2, 0.25) is 0 Å². The molecule has 0 radical (unpaired) electrons. The van der Waals surface area contributed by atoms with Gasteiger partial charge in [0.15, 0.2) is 0 Å². The molecule has 16 heavy (non-hydrogen) atoms. The molecular weight excluding hydrogens is 204 g/mol. The van der Waals surface area contributed by atoms with Gasteiger partial charge in [0, 0.05) is 6.92 Å². The summed E-state index contributed by atoms with van der Waals surface area (Å²) < 4.78 is 4.72. The van der Waals surface area contributed by atoms with E-state index in [0.29, 0.717) is 0 Å². The highest BCUT2D eigenvalue weighted by molar-refractivity contribution is 5.65. The normalized spacial score (nSPS) is 12.4. The van der Waals surface area contributed by atoms with E-state index >= 15 is 0 Å². The Balaban J connectivity index is 3.15. The van der Waals surface area contributed by atoms with Crippen molar-refractivity contribution in [2.75, 3.05) is 6.61 Å². The second kappa shape index (κ2) is 10.9. The van der Waals surface area contributed by atoms with Crippen LogP contribution in [0.25, 0.3) is 0 Å². The van der Waals surface area contributed by atoms with Gasteiger partial charge < -0.3 is 9.84 Å². The zero-order chi connectivity index (χ0) is 12.2. The van der Waals surface area contributed by atoms with Crippen molar-refractivity contribution in [3.05, 3.63) is 0 Å². The molecule has 0 aliphatic carbocycles. The van der Waals surface area contributed by atoms with Crippen molar-refractivity contribution < 1.29 is 14.6 Å². The Morgan fingerprint density at radius 3 is 2.25 bits per heavy atom. The number of ether oxygens (including phenoxy) is 1. The van der Waals surface area contributed by atoms with Gasteiger partial charge in [-0.15, -0.1) is 0 Å². The molecule has 0 rings (SSSR count). The topological polar surface area (TPSA) is 46.5 Å². The van der Waals surface area contributed by atoms with Gasteiger partial charge >= 0.3 is 5.97 Å². The van der Waals surface area contributed by atoms with E-state index in [1.165, 1.54) is 45.4 Å². The maximum absolute atomic E-state index is 10.5. The predicted molar refractivity (Wildman–Crippen MR) is 65.2 cm³/mol. The average Bonchev–Trinajstić information content (AvgIpc) is 2.25. The van der Waals surface area contributed by atoms with E-state index in [1.54, 1.807) is 0 Å². The largest absolute Gasteiger partial charge is 0.463 e. The zero-order valence-corrected chi connectivity index (χ0v) is 10.7. The molecule has 0 aromatic rings. The first-order valence-corrected chi connectivity index (χ1v) is 6.48. The zero-order valence-electron chi connectivity index (χ0n) is 10.7. The summed E-state index contributed by atoms with van der Waals surface area (Å²) in [5.41, 5.74) is 0. The molecule has 0 aliphatic rings. The summed E-state index contributed by atoms with van der Waals surface area (Å²) in [6.45, 7) is 3.72. The van der Waals surface area contributed by atoms with E-state index in [1.807, 2.05) is 0 Å². The van der Waals surface area contributed by atoms with Crippen molar-refractivity contribution in [3.63, 3.8) is 0 Å². The summed E-state index contributed by atoms with van der Waals surface area (Å²) in [5.74, 6) is -0.321. The molecule has 0 aromatic carbocycles. The number of aliphatic hydroxyl groups is 1. The summed E-state index contributed by atoms with van der Waals surface area (Å²) in [6.07, 6.45) is 8.92. The molecule has 0 aliphatic heterocycles. The lowest BCUT2D eigenvalue weighted by molar-refractivity contribution is -0.144. The van der Waals surface area contributed by atoms with Crippen LogP contribution in [-0.2, 0) is 9.53 Å². The van der Waals surface area contributed by atoms with E-state index in [-0.39, 0.29) is 12.6 Å². The van der Waals surface area contributed by atoms with E-state index in [4.69, 9.17) is 4.74 Å². The number of carbonyl (C=O) groups excluding carboxylic acids is 1. The molecule has 0 fully saturated rings. The number of rotatable bonds is 10. The number of unbranched alkanes of at least 4 members (excludes halogenated alkanes) is 6. The van der Waals surface area contributed by atoms with Gasteiger partial charge in [0.1, 0.15) is 6.61 Å². The van der Waals surface area contributed by atoms with Crippen molar-refractivity contribution in [2.24, 2.45) is 0 Å². The molecule has 0 bridgehead atoms. The van der Waals surface area contributed by atoms with Gasteiger partial charge in [-0.2, -0.15) is 0 Å². The number of aliphatic hydroxyl groups excluding tert-OH is 1. The van der Waals surface area contributed by atoms with Crippen LogP contribution in [-0.4, -0.2) is 23.8 Å². The van der Waals surface area contributed by atoms with Crippen LogP contribution in [0.3, 0.4) is 0 Å². The number of esters is 1. The number of hydrogen-bond donors (Lipinski definition) is 1. The highest BCUT2D eigenvalue weighted by atomic mass is 16.5. The first-order chi connectivity index (χ1) is 7.66. The minimum Gasteiger partial charge on any atom is -0.463 e. The fourth-order valence-corrected chi connectivity index (χ4v) is 1.63. The summed E-state index contributed by atoms with van der Waals surface area (Å²) in [4.78, 5) is 10.5. The molecule has 96 valence electrons. The van der Waals surface area contributed by atoms with Gasteiger partial charge in [0.25, 0.3) is 0 Å². The lowest BCUT2D eigenvalue weighted by Gasteiger charge is -2.09. The van der Waals surface area contributed by atoms with E-state index in [2.05, 4.69) is 6.92 Å². The Morgan fingerprint density at radius 2 is 1.69 bits per heavy atom. The van der Waals surface area contributed by atoms with Crippen molar-refractivity contribution in [3.8, 4) is 0 Å². The fourth-order valence-electron chi connectivity index (χ4n) is 1.63. The van der Waals surface area contributed by atoms with Gasteiger partial charge in [0.05, 0.1) is 6.10 Å². The fraction of sp³-hybridized carbons (Fsp3) is 0.923. The minimum atomic E-state index is -0.487. The molecule has 0 aromatic heterocycles. The molecule has 3 nitrogen and oxygen atoms in total. The Hall–Kier alpha value is -0.570. The molecule has 1 unspecified atom stereocenters. The van der Waals surface area contributed by atoms with Crippen molar-refractivity contribution >= 4 is 5.97 Å². The molecule has 0 heterocycles. The van der Waals surface area contributed by atoms with E-state index in [9.17, 15) is 9.90 Å². The molecule has 0 saturated carbocycles. The molecule has 3 heteroatoms. The standard InChI is InChI=1S/C13H26O3/c1-3-4-5-6-7-8-9-10-13(15)11-16-12(2)14/h13,15H,3-11H2,1-2H3. The van der Waals surface area contributed by atoms with Gasteiger partial charge in [-0.3, -0.25) is 4.79 Å². The maximum Gasteiger partial charge on any atom is 0.302 e. The van der Waals surface area contributed by atoms with Gasteiger partial charge in [0.2, 0.25) is 0 Å². The average molecular weight is 230 g/mol. The Labute approximate surface area is 99.2 Å². The quantitative estimate of drug-likeness (QED) is 0.463. The van der Waals surface area contributed by atoms with Crippen LogP contribution in [0.4, 0.5) is 0 Å². The monoisotopic (exact) mass is 230 g/mol. The van der Waals surface area contributed by atoms with Gasteiger partial charge in [-0.1, -0.05) is 51.9 Å². The van der Waals surface area contributed by atoms with Gasteiger partial charge in [-0.25, -0.2) is 0 Å². The predicted octanol–water partition coefficient (Wildman–Crippen LogP) is 3.05. The third-order valence-corrected chi connectivity index (χ3v) is 2.62. The van der Waals surface area contributed by atoms with Crippen molar-refractivity contribution in [2.45, 2.75) is 71.3 Å². The summed E-state index contributed by atoms with van der Waals surface area (Å²) in [7, 11) is 0. The maximum atomic E-state index is 10.5. The van der Waals surface area contributed by atoms with Crippen LogP contribution in [0.15, 0.2) is 0 Å².